The number of alkyl halides is 1. The second-order valence-electron chi connectivity index (χ2n) is 4.82. The molecule has 16 heavy (non-hydrogen) atoms. The lowest BCUT2D eigenvalue weighted by Crippen LogP contribution is -2.71. The van der Waals surface area contributed by atoms with Gasteiger partial charge in [0, 0.05) is 3.42 Å². The molecule has 0 N–H and O–H groups in total. The molecule has 3 saturated carbocycles. The molecule has 0 heterocycles. The molecule has 4 rings (SSSR count). The van der Waals surface area contributed by atoms with E-state index in [9.17, 15) is 12.8 Å². The Morgan fingerprint density at radius 2 is 1.62 bits per heavy atom. The van der Waals surface area contributed by atoms with Gasteiger partial charge < -0.3 is 0 Å². The van der Waals surface area contributed by atoms with Gasteiger partial charge in [-0.1, -0.05) is 22.6 Å². The first-order valence-corrected chi connectivity index (χ1v) is 7.62. The number of rotatable bonds is 2. The molecule has 86 valence electrons. The first-order chi connectivity index (χ1) is 7.37. The molecule has 3 aliphatic carbocycles. The van der Waals surface area contributed by atoms with E-state index in [-0.39, 0.29) is 8.32 Å². The summed E-state index contributed by atoms with van der Waals surface area (Å²) in [4.78, 5) is 0.257. The summed E-state index contributed by atoms with van der Waals surface area (Å²) < 4.78 is 37.0. The van der Waals surface area contributed by atoms with Crippen molar-refractivity contribution in [3.63, 3.8) is 0 Å². The van der Waals surface area contributed by atoms with Crippen molar-refractivity contribution >= 4 is 32.4 Å². The Balaban J connectivity index is 1.98. The Morgan fingerprint density at radius 1 is 1.12 bits per heavy atom. The second kappa shape index (κ2) is 2.98. The fraction of sp³-hybridized carbons (Fsp3) is 0.455. The van der Waals surface area contributed by atoms with Gasteiger partial charge in [0.25, 0.3) is 0 Å². The van der Waals surface area contributed by atoms with Gasteiger partial charge in [0.05, 0.1) is 9.64 Å². The molecule has 0 unspecified atom stereocenters. The standard InChI is InChI=1S/C11H10FIO2S/c12-8-1-3-9(4-2-8)16(14,15)11-5-10(13,6-11)7-11/h1-4H,5-7H2. The molecule has 0 amide bonds. The highest BCUT2D eigenvalue weighted by molar-refractivity contribution is 14.1. The fourth-order valence-electron chi connectivity index (χ4n) is 2.73. The largest absolute Gasteiger partial charge is 0.223 e. The van der Waals surface area contributed by atoms with Crippen molar-refractivity contribution in [1.82, 2.24) is 0 Å². The van der Waals surface area contributed by atoms with Crippen LogP contribution in [0.3, 0.4) is 0 Å². The highest BCUT2D eigenvalue weighted by Gasteiger charge is 2.73. The summed E-state index contributed by atoms with van der Waals surface area (Å²) in [5.41, 5.74) is 0. The zero-order valence-corrected chi connectivity index (χ0v) is 11.4. The van der Waals surface area contributed by atoms with Gasteiger partial charge in [0.2, 0.25) is 0 Å². The number of sulfone groups is 1. The summed E-state index contributed by atoms with van der Waals surface area (Å²) >= 11 is 2.34. The molecule has 1 aromatic carbocycles. The van der Waals surface area contributed by atoms with Crippen molar-refractivity contribution in [3.8, 4) is 0 Å². The average molecular weight is 352 g/mol. The summed E-state index contributed by atoms with van der Waals surface area (Å²) in [5.74, 6) is -0.401. The second-order valence-corrected chi connectivity index (χ2v) is 9.45. The van der Waals surface area contributed by atoms with Gasteiger partial charge in [-0.2, -0.15) is 0 Å². The SMILES string of the molecule is O=S(=O)(c1ccc(F)cc1)C12CC(I)(C1)C2. The molecular weight excluding hydrogens is 342 g/mol. The van der Waals surface area contributed by atoms with E-state index >= 15 is 0 Å². The Morgan fingerprint density at radius 3 is 2.06 bits per heavy atom. The van der Waals surface area contributed by atoms with Crippen molar-refractivity contribution in [2.45, 2.75) is 32.3 Å². The number of hydrogen-bond acceptors (Lipinski definition) is 2. The minimum atomic E-state index is -3.26. The van der Waals surface area contributed by atoms with Crippen LogP contribution in [0.15, 0.2) is 29.2 Å². The molecule has 0 saturated heterocycles. The lowest BCUT2D eigenvalue weighted by atomic mass is 9.55. The smallest absolute Gasteiger partial charge is 0.184 e. The van der Waals surface area contributed by atoms with E-state index in [4.69, 9.17) is 0 Å². The van der Waals surface area contributed by atoms with Crippen molar-refractivity contribution in [1.29, 1.82) is 0 Å². The zero-order valence-electron chi connectivity index (χ0n) is 8.41. The summed E-state index contributed by atoms with van der Waals surface area (Å²) in [5, 5.41) is 0. The lowest BCUT2D eigenvalue weighted by Gasteiger charge is -2.66. The summed E-state index contributed by atoms with van der Waals surface area (Å²) in [6.45, 7) is 0. The van der Waals surface area contributed by atoms with Crippen molar-refractivity contribution in [2.24, 2.45) is 0 Å². The van der Waals surface area contributed by atoms with E-state index in [1.807, 2.05) is 0 Å². The Labute approximate surface area is 107 Å². The zero-order chi connectivity index (χ0) is 11.6. The first kappa shape index (κ1) is 11.0. The third-order valence-electron chi connectivity index (χ3n) is 3.61. The predicted molar refractivity (Wildman–Crippen MR) is 66.9 cm³/mol. The number of hydrogen-bond donors (Lipinski definition) is 0. The van der Waals surface area contributed by atoms with Crippen LogP contribution in [0, 0.1) is 5.82 Å². The molecule has 0 aliphatic heterocycles. The highest BCUT2D eigenvalue weighted by Crippen LogP contribution is 2.70. The van der Waals surface area contributed by atoms with Crippen molar-refractivity contribution in [3.05, 3.63) is 30.1 Å². The quantitative estimate of drug-likeness (QED) is 0.466. The van der Waals surface area contributed by atoms with E-state index in [1.54, 1.807) is 0 Å². The van der Waals surface area contributed by atoms with E-state index < -0.39 is 20.4 Å². The molecule has 0 radical (unpaired) electrons. The Hall–Kier alpha value is -0.170. The van der Waals surface area contributed by atoms with Crippen LogP contribution < -0.4 is 0 Å². The molecule has 2 bridgehead atoms. The third kappa shape index (κ3) is 1.24. The van der Waals surface area contributed by atoms with Gasteiger partial charge in [0.15, 0.2) is 9.84 Å². The summed E-state index contributed by atoms with van der Waals surface area (Å²) in [7, 11) is -3.26. The topological polar surface area (TPSA) is 34.1 Å². The van der Waals surface area contributed by atoms with Crippen LogP contribution in [0.25, 0.3) is 0 Å². The summed E-state index contributed by atoms with van der Waals surface area (Å²) in [6.07, 6.45) is 2.25. The van der Waals surface area contributed by atoms with Crippen LogP contribution in [0.5, 0.6) is 0 Å². The van der Waals surface area contributed by atoms with Gasteiger partial charge in [-0.15, -0.1) is 0 Å². The van der Waals surface area contributed by atoms with Gasteiger partial charge >= 0.3 is 0 Å². The van der Waals surface area contributed by atoms with Gasteiger partial charge in [0.1, 0.15) is 5.82 Å². The number of halogens is 2. The normalized spacial score (nSPS) is 36.4. The van der Waals surface area contributed by atoms with Crippen LogP contribution in [0.4, 0.5) is 4.39 Å². The molecule has 0 aromatic heterocycles. The molecule has 2 nitrogen and oxygen atoms in total. The van der Waals surface area contributed by atoms with Crippen LogP contribution in [-0.2, 0) is 9.84 Å². The van der Waals surface area contributed by atoms with Crippen LogP contribution >= 0.6 is 22.6 Å². The third-order valence-corrected chi connectivity index (χ3v) is 7.22. The van der Waals surface area contributed by atoms with Gasteiger partial charge in [-0.3, -0.25) is 0 Å². The molecule has 1 aromatic rings. The Bertz CT molecular complexity index is 530. The molecule has 3 aliphatic rings. The maximum Gasteiger partial charge on any atom is 0.184 e. The first-order valence-electron chi connectivity index (χ1n) is 5.06. The average Bonchev–Trinajstić information content (AvgIpc) is 2.12. The summed E-state index contributed by atoms with van der Waals surface area (Å²) in [6, 6.07) is 5.15. The minimum absolute atomic E-state index is 0.227. The fourth-order valence-corrected chi connectivity index (χ4v) is 8.09. The molecule has 5 heteroatoms. The maximum absolute atomic E-state index is 12.7. The van der Waals surface area contributed by atoms with Crippen LogP contribution in [0.2, 0.25) is 0 Å². The molecular formula is C11H10FIO2S. The van der Waals surface area contributed by atoms with E-state index in [2.05, 4.69) is 22.6 Å². The van der Waals surface area contributed by atoms with Gasteiger partial charge in [-0.05, 0) is 43.5 Å². The minimum Gasteiger partial charge on any atom is -0.223 e. The lowest BCUT2D eigenvalue weighted by molar-refractivity contribution is 0.103. The molecule has 0 atom stereocenters. The monoisotopic (exact) mass is 352 g/mol. The maximum atomic E-state index is 12.7. The van der Waals surface area contributed by atoms with E-state index in [0.29, 0.717) is 0 Å². The molecule has 0 spiro atoms. The van der Waals surface area contributed by atoms with Gasteiger partial charge in [-0.25, -0.2) is 12.8 Å². The van der Waals surface area contributed by atoms with Crippen LogP contribution in [-0.4, -0.2) is 16.6 Å². The highest BCUT2D eigenvalue weighted by atomic mass is 127. The van der Waals surface area contributed by atoms with Crippen molar-refractivity contribution in [2.75, 3.05) is 0 Å². The molecule has 3 fully saturated rings. The van der Waals surface area contributed by atoms with E-state index in [0.717, 1.165) is 19.3 Å². The van der Waals surface area contributed by atoms with Crippen LogP contribution in [0.1, 0.15) is 19.3 Å². The predicted octanol–water partition coefficient (Wildman–Crippen LogP) is 2.71. The Kier molecular flexibility index (Phi) is 2.04. The van der Waals surface area contributed by atoms with Crippen molar-refractivity contribution < 1.29 is 12.8 Å². The van der Waals surface area contributed by atoms with E-state index in [1.165, 1.54) is 24.3 Å². The number of benzene rings is 1.